The van der Waals surface area contributed by atoms with Crippen molar-refractivity contribution in [3.05, 3.63) is 64.6 Å². The van der Waals surface area contributed by atoms with Crippen LogP contribution in [0.25, 0.3) is 6.08 Å². The number of phenolic OH excluding ortho intramolecular Hbond substituents is 1. The standard InChI is InChI=1S/C22H22N2O4S/c1-3-11-28-21(27)16-8-6-9-17(14-16)23-22-24(4-2)20(26)19(29-22)13-15-7-5-10-18(25)12-15/h5-10,12-14,25H,3-4,11H2,1-2H3/b19-13+,23-22?. The smallest absolute Gasteiger partial charge is 0.338 e. The highest BCUT2D eigenvalue weighted by Crippen LogP contribution is 2.34. The van der Waals surface area contributed by atoms with E-state index in [9.17, 15) is 14.7 Å². The van der Waals surface area contributed by atoms with E-state index in [1.165, 1.54) is 11.8 Å². The first-order chi connectivity index (χ1) is 14.0. The van der Waals surface area contributed by atoms with Gasteiger partial charge in [-0.2, -0.15) is 0 Å². The van der Waals surface area contributed by atoms with E-state index in [4.69, 9.17) is 4.74 Å². The molecule has 6 nitrogen and oxygen atoms in total. The van der Waals surface area contributed by atoms with Crippen molar-refractivity contribution in [3.63, 3.8) is 0 Å². The molecule has 1 saturated heterocycles. The molecule has 0 radical (unpaired) electrons. The summed E-state index contributed by atoms with van der Waals surface area (Å²) in [5.41, 5.74) is 1.73. The lowest BCUT2D eigenvalue weighted by Crippen LogP contribution is -2.28. The maximum Gasteiger partial charge on any atom is 0.338 e. The zero-order valence-corrected chi connectivity index (χ0v) is 17.1. The SMILES string of the molecule is CCCOC(=O)c1cccc(N=C2S/C(=C/c3cccc(O)c3)C(=O)N2CC)c1. The number of amidine groups is 1. The predicted octanol–water partition coefficient (Wildman–Crippen LogP) is 4.58. The maximum atomic E-state index is 12.7. The number of amides is 1. The van der Waals surface area contributed by atoms with E-state index in [1.54, 1.807) is 53.4 Å². The number of aromatic hydroxyl groups is 1. The Morgan fingerprint density at radius 1 is 1.21 bits per heavy atom. The molecule has 0 bridgehead atoms. The summed E-state index contributed by atoms with van der Waals surface area (Å²) < 4.78 is 5.17. The van der Waals surface area contributed by atoms with Crippen LogP contribution in [0.4, 0.5) is 5.69 Å². The molecule has 3 rings (SSSR count). The number of esters is 1. The number of ether oxygens (including phenoxy) is 1. The monoisotopic (exact) mass is 410 g/mol. The summed E-state index contributed by atoms with van der Waals surface area (Å²) in [5.74, 6) is -0.387. The van der Waals surface area contributed by atoms with Crippen molar-refractivity contribution in [2.75, 3.05) is 13.2 Å². The molecule has 1 heterocycles. The van der Waals surface area contributed by atoms with Gasteiger partial charge in [0.2, 0.25) is 0 Å². The predicted molar refractivity (Wildman–Crippen MR) is 115 cm³/mol. The number of phenols is 1. The third kappa shape index (κ3) is 5.06. The van der Waals surface area contributed by atoms with Crippen LogP contribution in [0.3, 0.4) is 0 Å². The number of carbonyl (C=O) groups is 2. The van der Waals surface area contributed by atoms with Crippen LogP contribution < -0.4 is 0 Å². The van der Waals surface area contributed by atoms with E-state index in [-0.39, 0.29) is 17.6 Å². The van der Waals surface area contributed by atoms with Crippen molar-refractivity contribution in [2.24, 2.45) is 4.99 Å². The Kier molecular flexibility index (Phi) is 6.72. The molecular weight excluding hydrogens is 388 g/mol. The molecule has 150 valence electrons. The Bertz CT molecular complexity index is 984. The number of thioether (sulfide) groups is 1. The fourth-order valence-corrected chi connectivity index (χ4v) is 3.79. The van der Waals surface area contributed by atoms with Crippen molar-refractivity contribution in [1.82, 2.24) is 4.90 Å². The quantitative estimate of drug-likeness (QED) is 0.557. The number of aliphatic imine (C=N–C) groups is 1. The first-order valence-corrected chi connectivity index (χ1v) is 10.2. The molecule has 1 N–H and O–H groups in total. The second-order valence-electron chi connectivity index (χ2n) is 6.34. The van der Waals surface area contributed by atoms with Crippen molar-refractivity contribution in [3.8, 4) is 5.75 Å². The average Bonchev–Trinajstić information content (AvgIpc) is 3.00. The van der Waals surface area contributed by atoms with Crippen LogP contribution in [0, 0.1) is 0 Å². The molecule has 0 aromatic heterocycles. The van der Waals surface area contributed by atoms with Crippen LogP contribution in [-0.2, 0) is 9.53 Å². The fourth-order valence-electron chi connectivity index (χ4n) is 2.73. The highest BCUT2D eigenvalue weighted by molar-refractivity contribution is 8.18. The summed E-state index contributed by atoms with van der Waals surface area (Å²) in [6.07, 6.45) is 2.49. The molecule has 2 aromatic carbocycles. The number of likely N-dealkylation sites (N-methyl/N-ethyl adjacent to an activating group) is 1. The molecule has 29 heavy (non-hydrogen) atoms. The number of benzene rings is 2. The molecule has 0 aliphatic carbocycles. The molecule has 0 unspecified atom stereocenters. The third-order valence-electron chi connectivity index (χ3n) is 4.12. The summed E-state index contributed by atoms with van der Waals surface area (Å²) in [5, 5.41) is 10.2. The number of rotatable bonds is 6. The van der Waals surface area contributed by atoms with Gasteiger partial charge >= 0.3 is 5.97 Å². The highest BCUT2D eigenvalue weighted by Gasteiger charge is 2.32. The van der Waals surface area contributed by atoms with Gasteiger partial charge in [0, 0.05) is 6.54 Å². The molecule has 0 atom stereocenters. The summed E-state index contributed by atoms with van der Waals surface area (Å²) in [6, 6.07) is 13.6. The van der Waals surface area contributed by atoms with Gasteiger partial charge in [0.25, 0.3) is 5.91 Å². The number of hydrogen-bond donors (Lipinski definition) is 1. The van der Waals surface area contributed by atoms with Crippen molar-refractivity contribution in [1.29, 1.82) is 0 Å². The summed E-state index contributed by atoms with van der Waals surface area (Å²) in [4.78, 5) is 31.5. The molecular formula is C22H22N2O4S. The van der Waals surface area contributed by atoms with Crippen LogP contribution in [0.5, 0.6) is 5.75 Å². The lowest BCUT2D eigenvalue weighted by atomic mass is 10.2. The van der Waals surface area contributed by atoms with Gasteiger partial charge in [0.1, 0.15) is 5.75 Å². The van der Waals surface area contributed by atoms with Crippen LogP contribution in [0.1, 0.15) is 36.2 Å². The van der Waals surface area contributed by atoms with Gasteiger partial charge in [-0.1, -0.05) is 25.1 Å². The molecule has 1 amide bonds. The third-order valence-corrected chi connectivity index (χ3v) is 5.12. The first-order valence-electron chi connectivity index (χ1n) is 9.38. The van der Waals surface area contributed by atoms with Crippen molar-refractivity contribution < 1.29 is 19.4 Å². The number of nitrogens with zero attached hydrogens (tertiary/aromatic N) is 2. The zero-order chi connectivity index (χ0) is 20.8. The van der Waals surface area contributed by atoms with Gasteiger partial charge in [-0.25, -0.2) is 9.79 Å². The summed E-state index contributed by atoms with van der Waals surface area (Å²) in [6.45, 7) is 4.66. The minimum atomic E-state index is -0.388. The number of hydrogen-bond acceptors (Lipinski definition) is 6. The normalized spacial score (nSPS) is 16.6. The Hall–Kier alpha value is -3.06. The second kappa shape index (κ2) is 9.43. The minimum Gasteiger partial charge on any atom is -0.508 e. The Labute approximate surface area is 173 Å². The van der Waals surface area contributed by atoms with Gasteiger partial charge in [0.05, 0.1) is 22.8 Å². The van der Waals surface area contributed by atoms with Gasteiger partial charge in [-0.3, -0.25) is 9.69 Å². The van der Waals surface area contributed by atoms with Gasteiger partial charge in [-0.05, 0) is 67.1 Å². The largest absolute Gasteiger partial charge is 0.508 e. The minimum absolute atomic E-state index is 0.141. The van der Waals surface area contributed by atoms with Crippen LogP contribution in [0.2, 0.25) is 0 Å². The maximum absolute atomic E-state index is 12.7. The molecule has 1 aliphatic heterocycles. The Morgan fingerprint density at radius 3 is 2.72 bits per heavy atom. The van der Waals surface area contributed by atoms with E-state index in [2.05, 4.69) is 4.99 Å². The van der Waals surface area contributed by atoms with E-state index in [0.29, 0.717) is 34.5 Å². The van der Waals surface area contributed by atoms with Crippen molar-refractivity contribution in [2.45, 2.75) is 20.3 Å². The molecule has 1 aliphatic rings. The van der Waals surface area contributed by atoms with Crippen LogP contribution in [0.15, 0.2) is 58.4 Å². The lowest BCUT2D eigenvalue weighted by Gasteiger charge is -2.12. The molecule has 7 heteroatoms. The van der Waals surface area contributed by atoms with Crippen LogP contribution >= 0.6 is 11.8 Å². The van der Waals surface area contributed by atoms with Gasteiger partial charge < -0.3 is 9.84 Å². The molecule has 0 saturated carbocycles. The van der Waals surface area contributed by atoms with Gasteiger partial charge in [0.15, 0.2) is 5.17 Å². The number of carbonyl (C=O) groups excluding carboxylic acids is 2. The average molecular weight is 410 g/mol. The second-order valence-corrected chi connectivity index (χ2v) is 7.34. The molecule has 0 spiro atoms. The Balaban J connectivity index is 1.87. The van der Waals surface area contributed by atoms with E-state index in [1.807, 2.05) is 19.9 Å². The van der Waals surface area contributed by atoms with E-state index >= 15 is 0 Å². The van der Waals surface area contributed by atoms with Gasteiger partial charge in [-0.15, -0.1) is 0 Å². The highest BCUT2D eigenvalue weighted by atomic mass is 32.2. The molecule has 1 fully saturated rings. The van der Waals surface area contributed by atoms with E-state index in [0.717, 1.165) is 12.0 Å². The van der Waals surface area contributed by atoms with Crippen molar-refractivity contribution >= 4 is 40.6 Å². The molecule has 2 aromatic rings. The Morgan fingerprint density at radius 2 is 2.00 bits per heavy atom. The summed E-state index contributed by atoms with van der Waals surface area (Å²) in [7, 11) is 0. The topological polar surface area (TPSA) is 79.2 Å². The van der Waals surface area contributed by atoms with E-state index < -0.39 is 0 Å². The lowest BCUT2D eigenvalue weighted by molar-refractivity contribution is -0.122. The fraction of sp³-hybridized carbons (Fsp3) is 0.227. The summed E-state index contributed by atoms with van der Waals surface area (Å²) >= 11 is 1.26. The first kappa shape index (κ1) is 20.7. The zero-order valence-electron chi connectivity index (χ0n) is 16.3. The van der Waals surface area contributed by atoms with Crippen LogP contribution in [-0.4, -0.2) is 40.2 Å².